The van der Waals surface area contributed by atoms with Crippen LogP contribution in [0.3, 0.4) is 0 Å². The van der Waals surface area contributed by atoms with Gasteiger partial charge in [-0.1, -0.05) is 30.3 Å². The van der Waals surface area contributed by atoms with Crippen LogP contribution < -0.4 is 4.74 Å². The molecule has 0 aliphatic carbocycles. The van der Waals surface area contributed by atoms with Crippen LogP contribution in [0.1, 0.15) is 41.1 Å². The summed E-state index contributed by atoms with van der Waals surface area (Å²) in [5, 5.41) is 11.3. The van der Waals surface area contributed by atoms with Gasteiger partial charge in [0.2, 0.25) is 0 Å². The second-order valence-electron chi connectivity index (χ2n) is 6.47. The highest BCUT2D eigenvalue weighted by Crippen LogP contribution is 2.30. The molecule has 1 unspecified atom stereocenters. The van der Waals surface area contributed by atoms with Gasteiger partial charge in [0.05, 0.1) is 12.0 Å². The highest BCUT2D eigenvalue weighted by Gasteiger charge is 2.27. The Morgan fingerprint density at radius 2 is 1.92 bits per heavy atom. The Hall–Kier alpha value is -2.89. The number of hydrogen-bond acceptors (Lipinski definition) is 4. The third-order valence-corrected chi connectivity index (χ3v) is 4.92. The van der Waals surface area contributed by atoms with Crippen molar-refractivity contribution in [1.29, 1.82) is 0 Å². The minimum absolute atomic E-state index is 0.0903. The Kier molecular flexibility index (Phi) is 5.51. The largest absolute Gasteiger partial charge is 0.497 e. The Bertz CT molecular complexity index is 792. The summed E-state index contributed by atoms with van der Waals surface area (Å²) in [6.07, 6.45) is 2.74. The molecule has 0 aromatic heterocycles. The number of benzene rings is 2. The van der Waals surface area contributed by atoms with Crippen molar-refractivity contribution in [3.05, 3.63) is 69.8 Å². The number of amides is 1. The van der Waals surface area contributed by atoms with Gasteiger partial charge in [-0.3, -0.25) is 14.9 Å². The van der Waals surface area contributed by atoms with Crippen LogP contribution in [0, 0.1) is 10.1 Å². The lowest BCUT2D eigenvalue weighted by Crippen LogP contribution is -2.32. The topological polar surface area (TPSA) is 72.7 Å². The second kappa shape index (κ2) is 7.99. The van der Waals surface area contributed by atoms with E-state index in [-0.39, 0.29) is 17.2 Å². The standard InChI is InChI=1S/C20H22N2O4/c1-26-17-9-10-19(22(24)25)18(14-17)20(23)21-12-5-8-16(11-13-21)15-6-3-2-4-7-15/h2-4,6-7,9-10,14,16H,5,8,11-13H2,1H3. The van der Waals surface area contributed by atoms with E-state index in [9.17, 15) is 14.9 Å². The van der Waals surface area contributed by atoms with Crippen LogP contribution in [0.5, 0.6) is 5.75 Å². The molecule has 1 fully saturated rings. The van der Waals surface area contributed by atoms with Crippen molar-refractivity contribution in [3.8, 4) is 5.75 Å². The molecule has 2 aromatic carbocycles. The van der Waals surface area contributed by atoms with Gasteiger partial charge in [-0.15, -0.1) is 0 Å². The molecular weight excluding hydrogens is 332 g/mol. The van der Waals surface area contributed by atoms with Crippen LogP contribution in [0.25, 0.3) is 0 Å². The van der Waals surface area contributed by atoms with Crippen molar-refractivity contribution in [3.63, 3.8) is 0 Å². The van der Waals surface area contributed by atoms with Crippen LogP contribution in [-0.2, 0) is 0 Å². The monoisotopic (exact) mass is 354 g/mol. The summed E-state index contributed by atoms with van der Waals surface area (Å²) >= 11 is 0. The Morgan fingerprint density at radius 3 is 2.62 bits per heavy atom. The molecule has 0 radical (unpaired) electrons. The van der Waals surface area contributed by atoms with Gasteiger partial charge in [0.1, 0.15) is 11.3 Å². The maximum atomic E-state index is 13.0. The SMILES string of the molecule is COc1ccc([N+](=O)[O-])c(C(=O)N2CCCC(c3ccccc3)CC2)c1. The van der Waals surface area contributed by atoms with E-state index in [1.165, 1.54) is 30.9 Å². The number of rotatable bonds is 4. The summed E-state index contributed by atoms with van der Waals surface area (Å²) in [4.78, 5) is 25.5. The van der Waals surface area contributed by atoms with Crippen LogP contribution in [-0.4, -0.2) is 35.9 Å². The van der Waals surface area contributed by atoms with Gasteiger partial charge in [-0.05, 0) is 42.9 Å². The molecule has 1 heterocycles. The van der Waals surface area contributed by atoms with Gasteiger partial charge in [-0.25, -0.2) is 0 Å². The van der Waals surface area contributed by atoms with Gasteiger partial charge < -0.3 is 9.64 Å². The van der Waals surface area contributed by atoms with Crippen LogP contribution in [0.2, 0.25) is 0 Å². The number of ether oxygens (including phenoxy) is 1. The molecular formula is C20H22N2O4. The highest BCUT2D eigenvalue weighted by molar-refractivity contribution is 5.98. The molecule has 0 saturated carbocycles. The normalized spacial score (nSPS) is 17.4. The number of likely N-dealkylation sites (tertiary alicyclic amines) is 1. The van der Waals surface area contributed by atoms with Gasteiger partial charge in [0.15, 0.2) is 0 Å². The van der Waals surface area contributed by atoms with E-state index in [1.807, 2.05) is 18.2 Å². The summed E-state index contributed by atoms with van der Waals surface area (Å²) in [6.45, 7) is 1.20. The van der Waals surface area contributed by atoms with Crippen molar-refractivity contribution in [2.75, 3.05) is 20.2 Å². The number of hydrogen-bond donors (Lipinski definition) is 0. The molecule has 1 saturated heterocycles. The molecule has 1 amide bonds. The van der Waals surface area contributed by atoms with Crippen molar-refractivity contribution in [2.24, 2.45) is 0 Å². The fourth-order valence-electron chi connectivity index (χ4n) is 3.50. The molecule has 136 valence electrons. The summed E-state index contributed by atoms with van der Waals surface area (Å²) in [7, 11) is 1.48. The van der Waals surface area contributed by atoms with Crippen molar-refractivity contribution in [2.45, 2.75) is 25.2 Å². The predicted molar refractivity (Wildman–Crippen MR) is 98.6 cm³/mol. The Labute approximate surface area is 152 Å². The number of methoxy groups -OCH3 is 1. The van der Waals surface area contributed by atoms with E-state index in [4.69, 9.17) is 4.74 Å². The number of nitro groups is 1. The van der Waals surface area contributed by atoms with Crippen molar-refractivity contribution < 1.29 is 14.5 Å². The smallest absolute Gasteiger partial charge is 0.282 e. The van der Waals surface area contributed by atoms with Gasteiger partial charge in [0, 0.05) is 19.2 Å². The van der Waals surface area contributed by atoms with Crippen LogP contribution in [0.15, 0.2) is 48.5 Å². The summed E-state index contributed by atoms with van der Waals surface area (Å²) < 4.78 is 5.13. The highest BCUT2D eigenvalue weighted by atomic mass is 16.6. The minimum atomic E-state index is -0.517. The van der Waals surface area contributed by atoms with Crippen molar-refractivity contribution >= 4 is 11.6 Å². The van der Waals surface area contributed by atoms with E-state index in [0.29, 0.717) is 24.8 Å². The molecule has 1 atom stereocenters. The first kappa shape index (κ1) is 17.9. The van der Waals surface area contributed by atoms with E-state index in [2.05, 4.69) is 12.1 Å². The van der Waals surface area contributed by atoms with Gasteiger partial charge >= 0.3 is 0 Å². The molecule has 0 spiro atoms. The quantitative estimate of drug-likeness (QED) is 0.614. The van der Waals surface area contributed by atoms with Crippen molar-refractivity contribution in [1.82, 2.24) is 4.90 Å². The maximum absolute atomic E-state index is 13.0. The molecule has 1 aliphatic rings. The molecule has 26 heavy (non-hydrogen) atoms. The molecule has 2 aromatic rings. The zero-order valence-corrected chi connectivity index (χ0v) is 14.8. The van der Waals surface area contributed by atoms with E-state index in [1.54, 1.807) is 4.90 Å². The Morgan fingerprint density at radius 1 is 1.15 bits per heavy atom. The molecule has 1 aliphatic heterocycles. The van der Waals surface area contributed by atoms with E-state index < -0.39 is 4.92 Å². The summed E-state index contributed by atoms with van der Waals surface area (Å²) in [5.41, 5.74) is 1.20. The summed E-state index contributed by atoms with van der Waals surface area (Å²) in [6, 6.07) is 14.6. The lowest BCUT2D eigenvalue weighted by Gasteiger charge is -2.21. The van der Waals surface area contributed by atoms with Crippen LogP contribution >= 0.6 is 0 Å². The summed E-state index contributed by atoms with van der Waals surface area (Å²) in [5.74, 6) is 0.551. The van der Waals surface area contributed by atoms with Crippen LogP contribution in [0.4, 0.5) is 5.69 Å². The zero-order chi connectivity index (χ0) is 18.5. The molecule has 0 N–H and O–H groups in total. The van der Waals surface area contributed by atoms with Gasteiger partial charge in [-0.2, -0.15) is 0 Å². The first-order valence-electron chi connectivity index (χ1n) is 8.77. The number of nitro benzene ring substituents is 1. The molecule has 0 bridgehead atoms. The predicted octanol–water partition coefficient (Wildman–Crippen LogP) is 4.01. The number of carbonyl (C=O) groups is 1. The fraction of sp³-hybridized carbons (Fsp3) is 0.350. The average molecular weight is 354 g/mol. The fourth-order valence-corrected chi connectivity index (χ4v) is 3.50. The van der Waals surface area contributed by atoms with E-state index >= 15 is 0 Å². The third kappa shape index (κ3) is 3.85. The molecule has 3 rings (SSSR count). The van der Waals surface area contributed by atoms with Gasteiger partial charge in [0.25, 0.3) is 11.6 Å². The zero-order valence-electron chi connectivity index (χ0n) is 14.8. The van der Waals surface area contributed by atoms with E-state index in [0.717, 1.165) is 19.3 Å². The third-order valence-electron chi connectivity index (χ3n) is 4.92. The number of nitrogens with zero attached hydrogens (tertiary/aromatic N) is 2. The lowest BCUT2D eigenvalue weighted by molar-refractivity contribution is -0.385. The Balaban J connectivity index is 1.79. The molecule has 6 nitrogen and oxygen atoms in total. The minimum Gasteiger partial charge on any atom is -0.497 e. The maximum Gasteiger partial charge on any atom is 0.282 e. The average Bonchev–Trinajstić information content (AvgIpc) is 2.93. The number of carbonyl (C=O) groups excluding carboxylic acids is 1. The molecule has 6 heteroatoms. The first-order valence-corrected chi connectivity index (χ1v) is 8.77. The first-order chi connectivity index (χ1) is 12.6. The lowest BCUT2D eigenvalue weighted by atomic mass is 9.92. The second-order valence-corrected chi connectivity index (χ2v) is 6.47.